The van der Waals surface area contributed by atoms with Crippen LogP contribution in [0.15, 0.2) is 84.9 Å². The number of amides is 2. The minimum atomic E-state index is -0.206. The van der Waals surface area contributed by atoms with Crippen LogP contribution in [0.25, 0.3) is 0 Å². The molecule has 4 nitrogen and oxygen atoms in total. The molecule has 0 fully saturated rings. The summed E-state index contributed by atoms with van der Waals surface area (Å²) in [7, 11) is 0. The standard InChI is InChI=1S/C21H18N2O2/c24-20(22-15-16-8-3-1-4-9-16)18-12-7-13-19(14-18)23-21(25)17-10-5-2-6-11-17/h1-14H,15H2,(H,22,24)(H,23,25). The van der Waals surface area contributed by atoms with Crippen LogP contribution in [0, 0.1) is 0 Å². The average Bonchev–Trinajstić information content (AvgIpc) is 2.68. The molecule has 0 aliphatic rings. The Hall–Kier alpha value is -3.40. The molecule has 0 heterocycles. The van der Waals surface area contributed by atoms with Crippen molar-refractivity contribution >= 4 is 17.5 Å². The van der Waals surface area contributed by atoms with Crippen LogP contribution in [0.5, 0.6) is 0 Å². The molecule has 0 atom stereocenters. The summed E-state index contributed by atoms with van der Waals surface area (Å²) in [5.74, 6) is -0.387. The van der Waals surface area contributed by atoms with Crippen LogP contribution in [-0.2, 0) is 6.54 Å². The Bertz CT molecular complexity index is 861. The minimum absolute atomic E-state index is 0.181. The van der Waals surface area contributed by atoms with Crippen molar-refractivity contribution < 1.29 is 9.59 Å². The number of anilines is 1. The van der Waals surface area contributed by atoms with Crippen LogP contribution in [0.2, 0.25) is 0 Å². The lowest BCUT2D eigenvalue weighted by Crippen LogP contribution is -2.23. The van der Waals surface area contributed by atoms with Gasteiger partial charge in [-0.15, -0.1) is 0 Å². The van der Waals surface area contributed by atoms with Gasteiger partial charge in [0, 0.05) is 23.4 Å². The molecule has 0 spiro atoms. The van der Waals surface area contributed by atoms with E-state index in [0.29, 0.717) is 23.4 Å². The van der Waals surface area contributed by atoms with Gasteiger partial charge < -0.3 is 10.6 Å². The number of nitrogens with one attached hydrogen (secondary N) is 2. The van der Waals surface area contributed by atoms with E-state index in [2.05, 4.69) is 10.6 Å². The SMILES string of the molecule is O=C(NCc1ccccc1)c1cccc(NC(=O)c2ccccc2)c1. The Kier molecular flexibility index (Phi) is 5.22. The number of carbonyl (C=O) groups excluding carboxylic acids is 2. The first-order valence-corrected chi connectivity index (χ1v) is 8.01. The summed E-state index contributed by atoms with van der Waals surface area (Å²) in [4.78, 5) is 24.5. The van der Waals surface area contributed by atoms with E-state index in [-0.39, 0.29) is 11.8 Å². The van der Waals surface area contributed by atoms with Gasteiger partial charge >= 0.3 is 0 Å². The highest BCUT2D eigenvalue weighted by atomic mass is 16.2. The van der Waals surface area contributed by atoms with Crippen LogP contribution >= 0.6 is 0 Å². The van der Waals surface area contributed by atoms with Gasteiger partial charge in [0.25, 0.3) is 11.8 Å². The molecule has 0 aromatic heterocycles. The van der Waals surface area contributed by atoms with Crippen molar-refractivity contribution in [3.63, 3.8) is 0 Å². The van der Waals surface area contributed by atoms with Gasteiger partial charge in [0.05, 0.1) is 0 Å². The number of hydrogen-bond acceptors (Lipinski definition) is 2. The van der Waals surface area contributed by atoms with Gasteiger partial charge in [-0.25, -0.2) is 0 Å². The van der Waals surface area contributed by atoms with E-state index >= 15 is 0 Å². The summed E-state index contributed by atoms with van der Waals surface area (Å²) in [6.07, 6.45) is 0. The highest BCUT2D eigenvalue weighted by Crippen LogP contribution is 2.13. The second-order valence-electron chi connectivity index (χ2n) is 5.57. The van der Waals surface area contributed by atoms with Crippen molar-refractivity contribution in [2.75, 3.05) is 5.32 Å². The van der Waals surface area contributed by atoms with Crippen molar-refractivity contribution in [3.8, 4) is 0 Å². The van der Waals surface area contributed by atoms with Gasteiger partial charge in [-0.05, 0) is 35.9 Å². The zero-order valence-electron chi connectivity index (χ0n) is 13.6. The molecule has 124 valence electrons. The zero-order chi connectivity index (χ0) is 17.5. The van der Waals surface area contributed by atoms with E-state index < -0.39 is 0 Å². The molecule has 3 rings (SSSR count). The lowest BCUT2D eigenvalue weighted by Gasteiger charge is -2.08. The van der Waals surface area contributed by atoms with Crippen LogP contribution in [0.3, 0.4) is 0 Å². The summed E-state index contributed by atoms with van der Waals surface area (Å²) < 4.78 is 0. The third-order valence-electron chi connectivity index (χ3n) is 3.71. The number of hydrogen-bond donors (Lipinski definition) is 2. The summed E-state index contributed by atoms with van der Waals surface area (Å²) >= 11 is 0. The summed E-state index contributed by atoms with van der Waals surface area (Å²) in [6.45, 7) is 0.459. The van der Waals surface area contributed by atoms with E-state index in [4.69, 9.17) is 0 Å². The van der Waals surface area contributed by atoms with E-state index in [0.717, 1.165) is 5.56 Å². The second-order valence-corrected chi connectivity index (χ2v) is 5.57. The van der Waals surface area contributed by atoms with Gasteiger partial charge in [0.2, 0.25) is 0 Å². The summed E-state index contributed by atoms with van der Waals surface area (Å²) in [5, 5.41) is 5.68. The van der Waals surface area contributed by atoms with Crippen molar-refractivity contribution in [2.45, 2.75) is 6.54 Å². The number of benzene rings is 3. The van der Waals surface area contributed by atoms with E-state index in [1.54, 1.807) is 36.4 Å². The molecule has 0 bridgehead atoms. The maximum atomic E-state index is 12.3. The molecular weight excluding hydrogens is 312 g/mol. The molecule has 3 aromatic rings. The summed E-state index contributed by atoms with van der Waals surface area (Å²) in [6, 6.07) is 25.6. The highest BCUT2D eigenvalue weighted by molar-refractivity contribution is 6.05. The normalized spacial score (nSPS) is 10.1. The maximum Gasteiger partial charge on any atom is 0.255 e. The lowest BCUT2D eigenvalue weighted by molar-refractivity contribution is 0.0949. The Labute approximate surface area is 146 Å². The fourth-order valence-corrected chi connectivity index (χ4v) is 2.41. The van der Waals surface area contributed by atoms with Crippen molar-refractivity contribution in [2.24, 2.45) is 0 Å². The zero-order valence-corrected chi connectivity index (χ0v) is 13.6. The number of rotatable bonds is 5. The fraction of sp³-hybridized carbons (Fsp3) is 0.0476. The fourth-order valence-electron chi connectivity index (χ4n) is 2.41. The molecule has 2 N–H and O–H groups in total. The van der Waals surface area contributed by atoms with Gasteiger partial charge in [0.15, 0.2) is 0 Å². The molecule has 0 saturated heterocycles. The van der Waals surface area contributed by atoms with E-state index in [1.165, 1.54) is 0 Å². The second kappa shape index (κ2) is 7.93. The molecule has 4 heteroatoms. The molecule has 25 heavy (non-hydrogen) atoms. The molecule has 0 unspecified atom stereocenters. The third kappa shape index (κ3) is 4.54. The van der Waals surface area contributed by atoms with E-state index in [9.17, 15) is 9.59 Å². The summed E-state index contributed by atoms with van der Waals surface area (Å²) in [5.41, 5.74) is 2.69. The smallest absolute Gasteiger partial charge is 0.255 e. The molecular formula is C21H18N2O2. The van der Waals surface area contributed by atoms with Gasteiger partial charge in [-0.1, -0.05) is 54.6 Å². The first-order chi connectivity index (χ1) is 12.2. The van der Waals surface area contributed by atoms with Gasteiger partial charge in [-0.2, -0.15) is 0 Å². The lowest BCUT2D eigenvalue weighted by atomic mass is 10.1. The van der Waals surface area contributed by atoms with Gasteiger partial charge in [0.1, 0.15) is 0 Å². The first kappa shape index (κ1) is 16.5. The topological polar surface area (TPSA) is 58.2 Å². The van der Waals surface area contributed by atoms with Crippen LogP contribution in [-0.4, -0.2) is 11.8 Å². The monoisotopic (exact) mass is 330 g/mol. The average molecular weight is 330 g/mol. The van der Waals surface area contributed by atoms with Gasteiger partial charge in [-0.3, -0.25) is 9.59 Å². The van der Waals surface area contributed by atoms with Crippen molar-refractivity contribution in [1.82, 2.24) is 5.32 Å². The predicted octanol–water partition coefficient (Wildman–Crippen LogP) is 3.87. The first-order valence-electron chi connectivity index (χ1n) is 8.01. The van der Waals surface area contributed by atoms with Crippen molar-refractivity contribution in [1.29, 1.82) is 0 Å². The Morgan fingerprint density at radius 1 is 0.680 bits per heavy atom. The minimum Gasteiger partial charge on any atom is -0.348 e. The Balaban J connectivity index is 1.64. The molecule has 0 aliphatic heterocycles. The molecule has 3 aromatic carbocycles. The van der Waals surface area contributed by atoms with E-state index in [1.807, 2.05) is 48.5 Å². The third-order valence-corrected chi connectivity index (χ3v) is 3.71. The quantitative estimate of drug-likeness (QED) is 0.746. The molecule has 0 radical (unpaired) electrons. The van der Waals surface area contributed by atoms with Crippen LogP contribution < -0.4 is 10.6 Å². The molecule has 0 aliphatic carbocycles. The largest absolute Gasteiger partial charge is 0.348 e. The number of carbonyl (C=O) groups is 2. The highest BCUT2D eigenvalue weighted by Gasteiger charge is 2.09. The van der Waals surface area contributed by atoms with Crippen molar-refractivity contribution in [3.05, 3.63) is 102 Å². The Morgan fingerprint density at radius 3 is 2.04 bits per heavy atom. The van der Waals surface area contributed by atoms with Crippen LogP contribution in [0.1, 0.15) is 26.3 Å². The molecule has 2 amide bonds. The van der Waals surface area contributed by atoms with Crippen LogP contribution in [0.4, 0.5) is 5.69 Å². The molecule has 0 saturated carbocycles. The predicted molar refractivity (Wildman–Crippen MR) is 98.4 cm³/mol. The maximum absolute atomic E-state index is 12.3. The Morgan fingerprint density at radius 2 is 1.32 bits per heavy atom.